The van der Waals surface area contributed by atoms with E-state index in [2.05, 4.69) is 21.2 Å². The Morgan fingerprint density at radius 2 is 2.27 bits per heavy atom. The summed E-state index contributed by atoms with van der Waals surface area (Å²) < 4.78 is 5.56. The highest BCUT2D eigenvalue weighted by Crippen LogP contribution is 2.30. The van der Waals surface area contributed by atoms with Crippen LogP contribution in [0.3, 0.4) is 0 Å². The molecule has 0 aliphatic heterocycles. The number of benzene rings is 1. The van der Waals surface area contributed by atoms with Crippen molar-refractivity contribution < 1.29 is 9.53 Å². The normalized spacial score (nSPS) is 12.3. The van der Waals surface area contributed by atoms with E-state index in [9.17, 15) is 4.79 Å². The summed E-state index contributed by atoms with van der Waals surface area (Å²) in [6.45, 7) is 1.67. The van der Waals surface area contributed by atoms with Crippen molar-refractivity contribution in [1.29, 1.82) is 0 Å². The van der Waals surface area contributed by atoms with E-state index in [1.54, 1.807) is 25.1 Å². The van der Waals surface area contributed by atoms with Crippen molar-refractivity contribution >= 4 is 39.1 Å². The largest absolute Gasteiger partial charge is 0.372 e. The predicted octanol–water partition coefficient (Wildman–Crippen LogP) is 3.08. The van der Waals surface area contributed by atoms with E-state index in [0.29, 0.717) is 15.2 Å². The third-order valence-corrected chi connectivity index (χ3v) is 3.33. The number of hydrogen-bond donors (Lipinski definition) is 1. The van der Waals surface area contributed by atoms with Gasteiger partial charge in [0.15, 0.2) is 0 Å². The molecule has 1 aromatic rings. The fourth-order valence-corrected chi connectivity index (χ4v) is 1.48. The molecule has 1 N–H and O–H groups in total. The molecule has 0 saturated heterocycles. The van der Waals surface area contributed by atoms with Gasteiger partial charge in [-0.15, -0.1) is 0 Å². The van der Waals surface area contributed by atoms with E-state index in [4.69, 9.17) is 16.3 Å². The summed E-state index contributed by atoms with van der Waals surface area (Å²) in [7, 11) is 1.48. The minimum atomic E-state index is -0.490. The molecule has 5 heteroatoms. The first-order valence-electron chi connectivity index (χ1n) is 4.34. The second kappa shape index (κ2) is 5.49. The number of carbonyl (C=O) groups is 1. The minimum Gasteiger partial charge on any atom is -0.372 e. The number of nitrogens with one attached hydrogen (secondary N) is 1. The molecular weight excluding hydrogens is 281 g/mol. The molecule has 0 aliphatic carbocycles. The molecule has 0 aromatic heterocycles. The van der Waals surface area contributed by atoms with Gasteiger partial charge in [-0.2, -0.15) is 0 Å². The lowest BCUT2D eigenvalue weighted by molar-refractivity contribution is -0.124. The molecule has 1 rings (SSSR count). The monoisotopic (exact) mass is 291 g/mol. The van der Waals surface area contributed by atoms with Crippen LogP contribution in [0, 0.1) is 0 Å². The summed E-state index contributed by atoms with van der Waals surface area (Å²) in [6, 6.07) is 5.26. The molecule has 0 heterocycles. The van der Waals surface area contributed by atoms with Crippen molar-refractivity contribution in [2.75, 3.05) is 12.4 Å². The highest BCUT2D eigenvalue weighted by molar-refractivity contribution is 9.10. The SMILES string of the molecule is COC(C)C(=O)Nc1cccc(Cl)c1Br. The summed E-state index contributed by atoms with van der Waals surface area (Å²) in [5, 5.41) is 3.26. The Balaban J connectivity index is 2.81. The zero-order valence-corrected chi connectivity index (χ0v) is 10.7. The van der Waals surface area contributed by atoms with Crippen LogP contribution in [0.1, 0.15) is 6.92 Å². The topological polar surface area (TPSA) is 38.3 Å². The van der Waals surface area contributed by atoms with Crippen molar-refractivity contribution in [3.05, 3.63) is 27.7 Å². The Morgan fingerprint density at radius 3 is 2.87 bits per heavy atom. The summed E-state index contributed by atoms with van der Waals surface area (Å²) >= 11 is 9.17. The van der Waals surface area contributed by atoms with E-state index in [0.717, 1.165) is 0 Å². The number of methoxy groups -OCH3 is 1. The molecule has 0 aliphatic rings. The summed E-state index contributed by atoms with van der Waals surface area (Å²) in [5.41, 5.74) is 0.636. The zero-order chi connectivity index (χ0) is 11.4. The molecule has 0 fully saturated rings. The van der Waals surface area contributed by atoms with Crippen LogP contribution < -0.4 is 5.32 Å². The molecule has 0 bridgehead atoms. The number of amides is 1. The van der Waals surface area contributed by atoms with E-state index >= 15 is 0 Å². The third-order valence-electron chi connectivity index (χ3n) is 1.93. The standard InChI is InChI=1S/C10H11BrClNO2/c1-6(15-2)10(14)13-8-5-3-4-7(12)9(8)11/h3-6H,1-2H3,(H,13,14). The summed E-state index contributed by atoms with van der Waals surface area (Å²) in [4.78, 5) is 11.5. The quantitative estimate of drug-likeness (QED) is 0.930. The average Bonchev–Trinajstić information content (AvgIpc) is 2.23. The minimum absolute atomic E-state index is 0.208. The van der Waals surface area contributed by atoms with Gasteiger partial charge in [-0.3, -0.25) is 4.79 Å². The number of ether oxygens (including phenoxy) is 1. The average molecular weight is 293 g/mol. The van der Waals surface area contributed by atoms with Crippen molar-refractivity contribution in [3.63, 3.8) is 0 Å². The van der Waals surface area contributed by atoms with Crippen LogP contribution in [0.25, 0.3) is 0 Å². The van der Waals surface area contributed by atoms with Crippen LogP contribution in [0.4, 0.5) is 5.69 Å². The van der Waals surface area contributed by atoms with Gasteiger partial charge in [0.05, 0.1) is 15.2 Å². The smallest absolute Gasteiger partial charge is 0.253 e. The van der Waals surface area contributed by atoms with Crippen molar-refractivity contribution in [2.45, 2.75) is 13.0 Å². The molecule has 1 atom stereocenters. The molecule has 1 aromatic carbocycles. The molecule has 1 amide bonds. The fraction of sp³-hybridized carbons (Fsp3) is 0.300. The van der Waals surface area contributed by atoms with Gasteiger partial charge in [-0.25, -0.2) is 0 Å². The lowest BCUT2D eigenvalue weighted by Crippen LogP contribution is -2.26. The third kappa shape index (κ3) is 3.19. The second-order valence-corrected chi connectivity index (χ2v) is 4.17. The Bertz CT molecular complexity index is 370. The maximum absolute atomic E-state index is 11.5. The van der Waals surface area contributed by atoms with Gasteiger partial charge in [0.2, 0.25) is 0 Å². The van der Waals surface area contributed by atoms with Crippen LogP contribution in [-0.4, -0.2) is 19.1 Å². The van der Waals surface area contributed by atoms with Crippen LogP contribution >= 0.6 is 27.5 Å². The van der Waals surface area contributed by atoms with Gasteiger partial charge in [0.25, 0.3) is 5.91 Å². The first-order chi connectivity index (χ1) is 7.06. The van der Waals surface area contributed by atoms with Crippen LogP contribution in [0.15, 0.2) is 22.7 Å². The molecule has 0 spiro atoms. The van der Waals surface area contributed by atoms with Crippen LogP contribution in [-0.2, 0) is 9.53 Å². The Kier molecular flexibility index (Phi) is 4.57. The zero-order valence-electron chi connectivity index (χ0n) is 8.38. The molecule has 0 radical (unpaired) electrons. The van der Waals surface area contributed by atoms with E-state index < -0.39 is 6.10 Å². The van der Waals surface area contributed by atoms with E-state index in [1.807, 2.05) is 0 Å². The van der Waals surface area contributed by atoms with Crippen molar-refractivity contribution in [2.24, 2.45) is 0 Å². The van der Waals surface area contributed by atoms with E-state index in [1.165, 1.54) is 7.11 Å². The van der Waals surface area contributed by atoms with E-state index in [-0.39, 0.29) is 5.91 Å². The van der Waals surface area contributed by atoms with Crippen LogP contribution in [0.2, 0.25) is 5.02 Å². The molecule has 15 heavy (non-hydrogen) atoms. The number of carbonyl (C=O) groups excluding carboxylic acids is 1. The lowest BCUT2D eigenvalue weighted by Gasteiger charge is -2.12. The summed E-state index contributed by atoms with van der Waals surface area (Å²) in [5.74, 6) is -0.208. The molecule has 3 nitrogen and oxygen atoms in total. The maximum Gasteiger partial charge on any atom is 0.253 e. The Morgan fingerprint density at radius 1 is 1.60 bits per heavy atom. The maximum atomic E-state index is 11.5. The first-order valence-corrected chi connectivity index (χ1v) is 5.51. The van der Waals surface area contributed by atoms with Crippen LogP contribution in [0.5, 0.6) is 0 Å². The van der Waals surface area contributed by atoms with Gasteiger partial charge in [-0.05, 0) is 35.0 Å². The highest BCUT2D eigenvalue weighted by atomic mass is 79.9. The molecule has 82 valence electrons. The molecular formula is C10H11BrClNO2. The Hall–Kier alpha value is -0.580. The Labute approximate surface area is 102 Å². The highest BCUT2D eigenvalue weighted by Gasteiger charge is 2.13. The predicted molar refractivity (Wildman–Crippen MR) is 64.3 cm³/mol. The number of anilines is 1. The van der Waals surface area contributed by atoms with Gasteiger partial charge in [0.1, 0.15) is 6.10 Å². The second-order valence-electron chi connectivity index (χ2n) is 2.97. The lowest BCUT2D eigenvalue weighted by atomic mass is 10.3. The molecule has 0 saturated carbocycles. The van der Waals surface area contributed by atoms with Crippen molar-refractivity contribution in [1.82, 2.24) is 0 Å². The number of halogens is 2. The summed E-state index contributed by atoms with van der Waals surface area (Å²) in [6.07, 6.45) is -0.490. The van der Waals surface area contributed by atoms with Crippen molar-refractivity contribution in [3.8, 4) is 0 Å². The fourth-order valence-electron chi connectivity index (χ4n) is 0.942. The van der Waals surface area contributed by atoms with Gasteiger partial charge in [0, 0.05) is 7.11 Å². The molecule has 1 unspecified atom stereocenters. The van der Waals surface area contributed by atoms with Gasteiger partial charge < -0.3 is 10.1 Å². The number of rotatable bonds is 3. The van der Waals surface area contributed by atoms with Gasteiger partial charge >= 0.3 is 0 Å². The number of hydrogen-bond acceptors (Lipinski definition) is 2. The first kappa shape index (κ1) is 12.5. The van der Waals surface area contributed by atoms with Gasteiger partial charge in [-0.1, -0.05) is 17.7 Å².